The van der Waals surface area contributed by atoms with Crippen molar-refractivity contribution < 1.29 is 57.8 Å². The van der Waals surface area contributed by atoms with Crippen molar-refractivity contribution in [1.29, 1.82) is 0 Å². The van der Waals surface area contributed by atoms with Crippen molar-refractivity contribution >= 4 is 80.7 Å². The van der Waals surface area contributed by atoms with Crippen LogP contribution in [0.3, 0.4) is 0 Å². The van der Waals surface area contributed by atoms with Crippen molar-refractivity contribution in [1.82, 2.24) is 42.1 Å². The standard InChI is InChI=1S/C43H67N11O12S2/c1-5-23(3)35-41(63)53-36(24(4)55)42(64)50-29(20-32(45)56)38(60)51-30(43(65)54-17-8-10-31(54)40(62)49-27(9-7-16-44)37(59)47-21-33(46)57)22-68-67-18-15-34(58)48-28(39(61)52-35)19-25-11-13-26(14-12-25)66-6-2/h11-14,23-24,27-31,35-36,55H,5-10,15-22,44H2,1-4H3,(H2,45,56)(H2,46,57)(H,47,59)(H,48,58)(H,49,62)(H,50,64)(H,51,60)(H,52,61)(H,53,63)/t23-,24+,27-,28+,29+,30-,31-,35-,36-/m0/s1. The Morgan fingerprint density at radius 2 is 1.53 bits per heavy atom. The number of amides is 10. The molecule has 378 valence electrons. The molecule has 0 bridgehead atoms. The third-order valence-electron chi connectivity index (χ3n) is 11.2. The molecule has 0 radical (unpaired) electrons. The summed E-state index contributed by atoms with van der Waals surface area (Å²) in [5.74, 6) is -8.07. The van der Waals surface area contributed by atoms with E-state index in [9.17, 15) is 53.1 Å². The fraction of sp³-hybridized carbons (Fsp3) is 0.628. The van der Waals surface area contributed by atoms with Crippen molar-refractivity contribution in [3.05, 3.63) is 29.8 Å². The van der Waals surface area contributed by atoms with Crippen LogP contribution >= 0.6 is 21.6 Å². The quantitative estimate of drug-likeness (QED) is 0.0652. The Labute approximate surface area is 403 Å². The predicted octanol–water partition coefficient (Wildman–Crippen LogP) is -3.04. The molecule has 23 nitrogen and oxygen atoms in total. The highest BCUT2D eigenvalue weighted by atomic mass is 33.1. The number of likely N-dealkylation sites (tertiary alicyclic amines) is 1. The van der Waals surface area contributed by atoms with E-state index in [-0.39, 0.29) is 50.3 Å². The molecule has 2 saturated heterocycles. The van der Waals surface area contributed by atoms with E-state index in [1.807, 2.05) is 6.92 Å². The molecule has 68 heavy (non-hydrogen) atoms. The monoisotopic (exact) mass is 993 g/mol. The number of hydrogen-bond acceptors (Lipinski definition) is 15. The van der Waals surface area contributed by atoms with Gasteiger partial charge in [-0.2, -0.15) is 0 Å². The van der Waals surface area contributed by atoms with Gasteiger partial charge in [0.15, 0.2) is 0 Å². The molecule has 0 aliphatic carbocycles. The maximum absolute atomic E-state index is 14.4. The lowest BCUT2D eigenvalue weighted by Gasteiger charge is -2.31. The lowest BCUT2D eigenvalue weighted by Crippen LogP contribution is -2.63. The van der Waals surface area contributed by atoms with Gasteiger partial charge in [-0.1, -0.05) is 54.0 Å². The average Bonchev–Trinajstić information content (AvgIpc) is 3.79. The van der Waals surface area contributed by atoms with E-state index in [4.69, 9.17) is 21.9 Å². The van der Waals surface area contributed by atoms with Crippen LogP contribution in [0.1, 0.15) is 78.2 Å². The van der Waals surface area contributed by atoms with E-state index in [1.54, 1.807) is 38.1 Å². The second-order valence-corrected chi connectivity index (χ2v) is 19.1. The molecule has 14 N–H and O–H groups in total. The number of nitrogens with two attached hydrogens (primary N) is 3. The van der Waals surface area contributed by atoms with Gasteiger partial charge < -0.3 is 69.2 Å². The number of ether oxygens (including phenoxy) is 1. The molecule has 25 heteroatoms. The summed E-state index contributed by atoms with van der Waals surface area (Å²) < 4.78 is 5.53. The number of aliphatic hydroxyl groups is 1. The van der Waals surface area contributed by atoms with Crippen LogP contribution in [0.15, 0.2) is 24.3 Å². The van der Waals surface area contributed by atoms with Gasteiger partial charge in [0.2, 0.25) is 59.1 Å². The molecule has 0 unspecified atom stereocenters. The molecule has 0 spiro atoms. The molecular weight excluding hydrogens is 927 g/mol. The Bertz CT molecular complexity index is 1950. The minimum atomic E-state index is -1.74. The number of benzene rings is 1. The fourth-order valence-electron chi connectivity index (χ4n) is 7.29. The maximum Gasteiger partial charge on any atom is 0.246 e. The normalized spacial score (nSPS) is 23.8. The van der Waals surface area contributed by atoms with Gasteiger partial charge in [-0.15, -0.1) is 0 Å². The zero-order valence-electron chi connectivity index (χ0n) is 38.8. The molecule has 2 aliphatic heterocycles. The van der Waals surface area contributed by atoms with Crippen LogP contribution in [0.25, 0.3) is 0 Å². The SMILES string of the molecule is CCOc1ccc(C[C@H]2NC(=O)CCSSC[C@@H](C(=O)N3CCC[C@H]3C(=O)N[C@@H](CCCN)C(=O)NCC(N)=O)NC(=O)[C@@H](CC(N)=O)NC(=O)[C@H]([C@@H](C)O)NC(=O)[C@H]([C@@H](C)CC)NC2=O)cc1. The van der Waals surface area contributed by atoms with Crippen molar-refractivity contribution in [2.45, 2.75) is 127 Å². The number of rotatable bonds is 18. The number of carbonyl (C=O) groups is 10. The van der Waals surface area contributed by atoms with E-state index in [1.165, 1.54) is 22.6 Å². The average molecular weight is 994 g/mol. The lowest BCUT2D eigenvalue weighted by molar-refractivity contribution is -0.142. The highest BCUT2D eigenvalue weighted by Gasteiger charge is 2.41. The maximum atomic E-state index is 14.4. The molecule has 3 rings (SSSR count). The molecule has 0 aromatic heterocycles. The van der Waals surface area contributed by atoms with Gasteiger partial charge in [0.1, 0.15) is 48.0 Å². The van der Waals surface area contributed by atoms with Crippen LogP contribution in [-0.4, -0.2) is 155 Å². The Balaban J connectivity index is 1.99. The van der Waals surface area contributed by atoms with Crippen molar-refractivity contribution in [3.63, 3.8) is 0 Å². The molecule has 1 aromatic rings. The first-order chi connectivity index (χ1) is 32.3. The Morgan fingerprint density at radius 3 is 2.15 bits per heavy atom. The Kier molecular flexibility index (Phi) is 23.8. The summed E-state index contributed by atoms with van der Waals surface area (Å²) in [7, 11) is 2.27. The first kappa shape index (κ1) is 56.7. The fourth-order valence-corrected chi connectivity index (χ4v) is 9.44. The zero-order chi connectivity index (χ0) is 50.5. The van der Waals surface area contributed by atoms with Crippen LogP contribution < -0.4 is 59.2 Å². The Hall–Kier alpha value is -5.66. The second-order valence-electron chi connectivity index (χ2n) is 16.5. The summed E-state index contributed by atoms with van der Waals surface area (Å²) in [5.41, 5.74) is 17.0. The van der Waals surface area contributed by atoms with Gasteiger partial charge in [0.25, 0.3) is 0 Å². The van der Waals surface area contributed by atoms with Crippen LogP contribution in [0.2, 0.25) is 0 Å². The summed E-state index contributed by atoms with van der Waals surface area (Å²) in [5, 5.41) is 28.7. The summed E-state index contributed by atoms with van der Waals surface area (Å²) in [6.07, 6.45) is -1.05. The van der Waals surface area contributed by atoms with Crippen molar-refractivity contribution in [2.75, 3.05) is 37.7 Å². The third-order valence-corrected chi connectivity index (χ3v) is 13.6. The van der Waals surface area contributed by atoms with Crippen LogP contribution in [-0.2, 0) is 54.4 Å². The minimum absolute atomic E-state index is 0.0243. The highest BCUT2D eigenvalue weighted by Crippen LogP contribution is 2.26. The van der Waals surface area contributed by atoms with Gasteiger partial charge in [-0.3, -0.25) is 47.9 Å². The summed E-state index contributed by atoms with van der Waals surface area (Å²) >= 11 is 0. The molecular formula is C43H67N11O12S2. The van der Waals surface area contributed by atoms with E-state index < -0.39 is 126 Å². The van der Waals surface area contributed by atoms with Gasteiger partial charge in [0.05, 0.1) is 25.7 Å². The van der Waals surface area contributed by atoms with E-state index in [0.29, 0.717) is 37.2 Å². The first-order valence-corrected chi connectivity index (χ1v) is 25.1. The van der Waals surface area contributed by atoms with E-state index in [2.05, 4.69) is 37.2 Å². The third kappa shape index (κ3) is 18.1. The highest BCUT2D eigenvalue weighted by molar-refractivity contribution is 8.76. The van der Waals surface area contributed by atoms with Gasteiger partial charge >= 0.3 is 0 Å². The summed E-state index contributed by atoms with van der Waals surface area (Å²) in [4.78, 5) is 135. The number of hydrogen-bond donors (Lipinski definition) is 11. The smallest absolute Gasteiger partial charge is 0.246 e. The van der Waals surface area contributed by atoms with Crippen LogP contribution in [0.5, 0.6) is 5.75 Å². The van der Waals surface area contributed by atoms with Crippen molar-refractivity contribution in [3.8, 4) is 5.75 Å². The van der Waals surface area contributed by atoms with Gasteiger partial charge in [-0.25, -0.2) is 0 Å². The summed E-state index contributed by atoms with van der Waals surface area (Å²) in [6.45, 7) is 6.72. The van der Waals surface area contributed by atoms with E-state index in [0.717, 1.165) is 10.8 Å². The lowest BCUT2D eigenvalue weighted by atomic mass is 9.96. The number of primary amides is 2. The topological polar surface area (TPSA) is 366 Å². The molecule has 9 atom stereocenters. The summed E-state index contributed by atoms with van der Waals surface area (Å²) in [6, 6.07) is -2.62. The zero-order valence-corrected chi connectivity index (χ0v) is 40.5. The molecule has 2 fully saturated rings. The van der Waals surface area contributed by atoms with Gasteiger partial charge in [0, 0.05) is 30.9 Å². The van der Waals surface area contributed by atoms with Crippen LogP contribution in [0.4, 0.5) is 0 Å². The Morgan fingerprint density at radius 1 is 0.868 bits per heavy atom. The first-order valence-electron chi connectivity index (χ1n) is 22.6. The van der Waals surface area contributed by atoms with Gasteiger partial charge in [-0.05, 0) is 69.7 Å². The molecule has 2 aliphatic rings. The van der Waals surface area contributed by atoms with E-state index >= 15 is 0 Å². The molecule has 0 saturated carbocycles. The van der Waals surface area contributed by atoms with Crippen LogP contribution in [0, 0.1) is 5.92 Å². The second kappa shape index (κ2) is 28.6. The number of aliphatic hydroxyl groups excluding tert-OH is 1. The van der Waals surface area contributed by atoms with Crippen molar-refractivity contribution in [2.24, 2.45) is 23.1 Å². The number of nitrogens with one attached hydrogen (secondary N) is 7. The molecule has 2 heterocycles. The minimum Gasteiger partial charge on any atom is -0.494 e. The number of carbonyl (C=O) groups excluding carboxylic acids is 10. The predicted molar refractivity (Wildman–Crippen MR) is 253 cm³/mol. The molecule has 1 aromatic carbocycles. The molecule has 10 amide bonds. The largest absolute Gasteiger partial charge is 0.494 e. The number of nitrogens with zero attached hydrogens (tertiary/aromatic N) is 1.